The minimum atomic E-state index is -0.773. The lowest BCUT2D eigenvalue weighted by Crippen LogP contribution is -2.40. The van der Waals surface area contributed by atoms with Crippen LogP contribution in [0.25, 0.3) is 0 Å². The van der Waals surface area contributed by atoms with Gasteiger partial charge in [-0.25, -0.2) is 0 Å². The van der Waals surface area contributed by atoms with Crippen LogP contribution in [0.4, 0.5) is 5.69 Å². The molecule has 1 saturated carbocycles. The number of benzene rings is 1. The Bertz CT molecular complexity index is 554. The zero-order chi connectivity index (χ0) is 15.5. The van der Waals surface area contributed by atoms with Gasteiger partial charge in [0.2, 0.25) is 0 Å². The van der Waals surface area contributed by atoms with E-state index in [-0.39, 0.29) is 0 Å². The molecule has 1 aromatic rings. The van der Waals surface area contributed by atoms with Gasteiger partial charge in [0, 0.05) is 16.7 Å². The van der Waals surface area contributed by atoms with Crippen molar-refractivity contribution in [1.82, 2.24) is 0 Å². The van der Waals surface area contributed by atoms with E-state index in [1.165, 1.54) is 0 Å². The fourth-order valence-corrected chi connectivity index (χ4v) is 3.44. The van der Waals surface area contributed by atoms with E-state index in [0.29, 0.717) is 35.1 Å². The Balaban J connectivity index is 2.20. The van der Waals surface area contributed by atoms with Gasteiger partial charge in [0.25, 0.3) is 5.91 Å². The first-order valence-corrected chi connectivity index (χ1v) is 7.81. The van der Waals surface area contributed by atoms with Crippen molar-refractivity contribution in [2.45, 2.75) is 32.1 Å². The zero-order valence-electron chi connectivity index (χ0n) is 11.7. The number of carboxylic acid groups (broad SMARTS) is 1. The number of anilines is 1. The molecule has 1 aromatic carbocycles. The molecule has 0 bridgehead atoms. The van der Waals surface area contributed by atoms with E-state index in [2.05, 4.69) is 21.2 Å². The van der Waals surface area contributed by atoms with Crippen molar-refractivity contribution in [1.29, 1.82) is 0 Å². The number of primary amides is 1. The largest absolute Gasteiger partial charge is 0.481 e. The molecule has 2 rings (SSSR count). The van der Waals surface area contributed by atoms with E-state index >= 15 is 0 Å². The molecule has 0 atom stereocenters. The highest BCUT2D eigenvalue weighted by Gasteiger charge is 2.39. The highest BCUT2D eigenvalue weighted by atomic mass is 79.9. The molecule has 1 amide bonds. The van der Waals surface area contributed by atoms with Gasteiger partial charge in [0.05, 0.1) is 11.0 Å². The van der Waals surface area contributed by atoms with Gasteiger partial charge in [-0.15, -0.1) is 0 Å². The van der Waals surface area contributed by atoms with Crippen molar-refractivity contribution in [2.75, 3.05) is 11.9 Å². The molecule has 0 aromatic heterocycles. The van der Waals surface area contributed by atoms with Crippen LogP contribution in [0.2, 0.25) is 0 Å². The Labute approximate surface area is 132 Å². The first-order chi connectivity index (χ1) is 9.96. The Morgan fingerprint density at radius 2 is 1.95 bits per heavy atom. The maximum Gasteiger partial charge on any atom is 0.311 e. The summed E-state index contributed by atoms with van der Waals surface area (Å²) in [6, 6.07) is 5.26. The van der Waals surface area contributed by atoms with Crippen molar-refractivity contribution in [3.05, 3.63) is 28.2 Å². The van der Waals surface area contributed by atoms with Gasteiger partial charge in [-0.1, -0.05) is 25.3 Å². The number of carboxylic acids is 1. The summed E-state index contributed by atoms with van der Waals surface area (Å²) in [5.74, 6) is -1.32. The van der Waals surface area contributed by atoms with Crippen molar-refractivity contribution in [3.8, 4) is 0 Å². The molecule has 4 N–H and O–H groups in total. The van der Waals surface area contributed by atoms with Gasteiger partial charge in [-0.05, 0) is 40.9 Å². The standard InChI is InChI=1S/C15H19BrN2O3/c16-10-5-4-6-11(12(10)13(17)19)18-9-15(14(20)21)7-2-1-3-8-15/h4-6,18H,1-3,7-9H2,(H2,17,19)(H,20,21). The summed E-state index contributed by atoms with van der Waals surface area (Å²) in [4.78, 5) is 23.2. The number of nitrogens with one attached hydrogen (secondary N) is 1. The van der Waals surface area contributed by atoms with Gasteiger partial charge in [0.15, 0.2) is 0 Å². The van der Waals surface area contributed by atoms with Crippen LogP contribution in [0.3, 0.4) is 0 Å². The van der Waals surface area contributed by atoms with Gasteiger partial charge in [-0.2, -0.15) is 0 Å². The Hall–Kier alpha value is -1.56. The second-order valence-electron chi connectivity index (χ2n) is 5.53. The second-order valence-corrected chi connectivity index (χ2v) is 6.38. The minimum Gasteiger partial charge on any atom is -0.481 e. The molecule has 1 aliphatic carbocycles. The predicted molar refractivity (Wildman–Crippen MR) is 84.3 cm³/mol. The average molecular weight is 355 g/mol. The van der Waals surface area contributed by atoms with E-state index in [1.54, 1.807) is 18.2 Å². The first kappa shape index (κ1) is 15.8. The average Bonchev–Trinajstić information content (AvgIpc) is 2.45. The molecular formula is C15H19BrN2O3. The Kier molecular flexibility index (Phi) is 4.88. The number of hydrogen-bond acceptors (Lipinski definition) is 3. The monoisotopic (exact) mass is 354 g/mol. The van der Waals surface area contributed by atoms with Crippen molar-refractivity contribution in [3.63, 3.8) is 0 Å². The SMILES string of the molecule is NC(=O)c1c(Br)cccc1NCC1(C(=O)O)CCCCC1. The third-order valence-electron chi connectivity index (χ3n) is 4.14. The lowest BCUT2D eigenvalue weighted by atomic mass is 9.74. The first-order valence-electron chi connectivity index (χ1n) is 7.02. The van der Waals surface area contributed by atoms with Gasteiger partial charge in [0.1, 0.15) is 0 Å². The molecule has 1 aliphatic rings. The van der Waals surface area contributed by atoms with E-state index < -0.39 is 17.3 Å². The summed E-state index contributed by atoms with van der Waals surface area (Å²) in [7, 11) is 0. The van der Waals surface area contributed by atoms with Crippen LogP contribution < -0.4 is 11.1 Å². The predicted octanol–water partition coefficient (Wildman–Crippen LogP) is 3.00. The maximum atomic E-state index is 11.6. The molecule has 0 unspecified atom stereocenters. The Morgan fingerprint density at radius 1 is 1.29 bits per heavy atom. The number of aliphatic carboxylic acids is 1. The van der Waals surface area contributed by atoms with Gasteiger partial charge < -0.3 is 16.2 Å². The molecule has 0 spiro atoms. The normalized spacial score (nSPS) is 17.2. The molecule has 1 fully saturated rings. The Morgan fingerprint density at radius 3 is 2.52 bits per heavy atom. The number of carbonyl (C=O) groups excluding carboxylic acids is 1. The topological polar surface area (TPSA) is 92.4 Å². The number of rotatable bonds is 5. The number of nitrogens with two attached hydrogens (primary N) is 1. The van der Waals surface area contributed by atoms with Crippen molar-refractivity contribution < 1.29 is 14.7 Å². The lowest BCUT2D eigenvalue weighted by Gasteiger charge is -2.33. The maximum absolute atomic E-state index is 11.6. The van der Waals surface area contributed by atoms with Crippen LogP contribution in [-0.4, -0.2) is 23.5 Å². The highest BCUT2D eigenvalue weighted by molar-refractivity contribution is 9.10. The molecule has 0 aliphatic heterocycles. The molecule has 6 heteroatoms. The summed E-state index contributed by atoms with van der Waals surface area (Å²) in [5, 5.41) is 12.7. The van der Waals surface area contributed by atoms with Crippen molar-refractivity contribution in [2.24, 2.45) is 11.1 Å². The second kappa shape index (κ2) is 6.47. The molecule has 0 radical (unpaired) electrons. The molecule has 5 nitrogen and oxygen atoms in total. The summed E-state index contributed by atoms with van der Waals surface area (Å²) in [6.45, 7) is 0.305. The number of halogens is 1. The van der Waals surface area contributed by atoms with Crippen molar-refractivity contribution >= 4 is 33.5 Å². The summed E-state index contributed by atoms with van der Waals surface area (Å²) < 4.78 is 0.605. The van der Waals surface area contributed by atoms with Crippen LogP contribution in [-0.2, 0) is 4.79 Å². The summed E-state index contributed by atoms with van der Waals surface area (Å²) in [5.41, 5.74) is 5.56. The molecule has 0 heterocycles. The van der Waals surface area contributed by atoms with E-state index in [0.717, 1.165) is 19.3 Å². The minimum absolute atomic E-state index is 0.305. The van der Waals surface area contributed by atoms with E-state index in [9.17, 15) is 14.7 Å². The van der Waals surface area contributed by atoms with Crippen LogP contribution in [0.1, 0.15) is 42.5 Å². The van der Waals surface area contributed by atoms with E-state index in [1.807, 2.05) is 0 Å². The van der Waals surface area contributed by atoms with Crippen LogP contribution in [0, 0.1) is 5.41 Å². The zero-order valence-corrected chi connectivity index (χ0v) is 13.3. The third-order valence-corrected chi connectivity index (χ3v) is 4.80. The quantitative estimate of drug-likeness (QED) is 0.757. The summed E-state index contributed by atoms with van der Waals surface area (Å²) in [6.07, 6.45) is 4.26. The fraction of sp³-hybridized carbons (Fsp3) is 0.467. The van der Waals surface area contributed by atoms with Crippen LogP contribution in [0.5, 0.6) is 0 Å². The van der Waals surface area contributed by atoms with Crippen LogP contribution in [0.15, 0.2) is 22.7 Å². The van der Waals surface area contributed by atoms with Gasteiger partial charge >= 0.3 is 5.97 Å². The third kappa shape index (κ3) is 3.37. The fourth-order valence-electron chi connectivity index (χ4n) is 2.88. The molecular weight excluding hydrogens is 336 g/mol. The molecule has 114 valence electrons. The van der Waals surface area contributed by atoms with Crippen LogP contribution >= 0.6 is 15.9 Å². The molecule has 21 heavy (non-hydrogen) atoms. The number of carbonyl (C=O) groups is 2. The summed E-state index contributed by atoms with van der Waals surface area (Å²) >= 11 is 3.30. The molecule has 0 saturated heterocycles. The smallest absolute Gasteiger partial charge is 0.311 e. The highest BCUT2D eigenvalue weighted by Crippen LogP contribution is 2.37. The van der Waals surface area contributed by atoms with Gasteiger partial charge in [-0.3, -0.25) is 9.59 Å². The lowest BCUT2D eigenvalue weighted by molar-refractivity contribution is -0.150. The number of amides is 1. The number of hydrogen-bond donors (Lipinski definition) is 3. The van der Waals surface area contributed by atoms with E-state index in [4.69, 9.17) is 5.73 Å².